The van der Waals surface area contributed by atoms with Crippen LogP contribution in [0.25, 0.3) is 0 Å². The van der Waals surface area contributed by atoms with Gasteiger partial charge in [-0.1, -0.05) is 130 Å². The van der Waals surface area contributed by atoms with Gasteiger partial charge in [-0.3, -0.25) is 9.59 Å². The van der Waals surface area contributed by atoms with Gasteiger partial charge in [0.05, 0.1) is 29.5 Å². The van der Waals surface area contributed by atoms with E-state index in [4.69, 9.17) is 4.74 Å². The Morgan fingerprint density at radius 3 is 1.58 bits per heavy atom. The van der Waals surface area contributed by atoms with Gasteiger partial charge >= 0.3 is 0 Å². The van der Waals surface area contributed by atoms with E-state index >= 15 is 0 Å². The summed E-state index contributed by atoms with van der Waals surface area (Å²) >= 11 is 0. The van der Waals surface area contributed by atoms with Crippen molar-refractivity contribution in [3.05, 3.63) is 133 Å². The minimum atomic E-state index is -0.577. The number of fused-ring (bicyclic) bond motifs is 1. The number of carbonyl (C=O) groups is 3. The fraction of sp³-hybridized carbons (Fsp3) is 0.643. The van der Waals surface area contributed by atoms with Gasteiger partial charge in [-0.15, -0.1) is 0 Å². The number of aldehydes is 1. The van der Waals surface area contributed by atoms with Gasteiger partial charge in [-0.25, -0.2) is 0 Å². The maximum atomic E-state index is 11.3. The normalized spacial score (nSPS) is 34.6. The van der Waals surface area contributed by atoms with Crippen LogP contribution in [-0.4, -0.2) is 62.7 Å². The number of aliphatic hydroxyl groups excluding tert-OH is 2. The van der Waals surface area contributed by atoms with Crippen LogP contribution in [0.3, 0.4) is 0 Å². The number of hydrogen-bond donors (Lipinski definition) is 3. The predicted octanol–water partition coefficient (Wildman–Crippen LogP) is 17.0. The number of allylic oxidation sites excluding steroid dienone is 11. The van der Waals surface area contributed by atoms with Crippen LogP contribution in [0, 0.1) is 52.8 Å². The molecule has 77 heavy (non-hydrogen) atoms. The predicted molar refractivity (Wildman–Crippen MR) is 326 cm³/mol. The molecule has 4 saturated carbocycles. The van der Waals surface area contributed by atoms with Gasteiger partial charge < -0.3 is 24.9 Å². The highest BCUT2D eigenvalue weighted by atomic mass is 16.6. The third kappa shape index (κ3) is 24.1. The van der Waals surface area contributed by atoms with Crippen molar-refractivity contribution in [3.8, 4) is 0 Å². The summed E-state index contributed by atoms with van der Waals surface area (Å²) in [6.07, 6.45) is 27.4. The fourth-order valence-electron chi connectivity index (χ4n) is 11.1. The van der Waals surface area contributed by atoms with Crippen LogP contribution in [0.2, 0.25) is 0 Å². The summed E-state index contributed by atoms with van der Waals surface area (Å²) in [4.78, 5) is 33.1. The Labute approximate surface area is 470 Å². The summed E-state index contributed by atoms with van der Waals surface area (Å²) in [7, 11) is 0. The van der Waals surface area contributed by atoms with Crippen molar-refractivity contribution in [1.29, 1.82) is 0 Å². The molecule has 432 valence electrons. The van der Waals surface area contributed by atoms with Gasteiger partial charge in [0.2, 0.25) is 0 Å². The second-order valence-corrected chi connectivity index (χ2v) is 26.0. The highest BCUT2D eigenvalue weighted by Crippen LogP contribution is 2.50. The second-order valence-electron chi connectivity index (χ2n) is 26.0. The van der Waals surface area contributed by atoms with E-state index in [9.17, 15) is 29.7 Å². The summed E-state index contributed by atoms with van der Waals surface area (Å²) in [6.45, 7) is 57.5. The third-order valence-corrected chi connectivity index (χ3v) is 18.1. The monoisotopic (exact) mass is 1060 g/mol. The molecule has 7 aliphatic carbocycles. The summed E-state index contributed by atoms with van der Waals surface area (Å²) in [6, 6.07) is 0. The largest absolute Gasteiger partial charge is 0.389 e. The van der Waals surface area contributed by atoms with E-state index < -0.39 is 5.60 Å². The Hall–Kier alpha value is -4.01. The summed E-state index contributed by atoms with van der Waals surface area (Å²) in [5.74, 6) is 4.67. The molecule has 0 spiro atoms. The number of ether oxygens (including phenoxy) is 1. The zero-order chi connectivity index (χ0) is 58.7. The molecule has 1 heterocycles. The number of aliphatic hydroxyl groups is 3. The van der Waals surface area contributed by atoms with Crippen LogP contribution < -0.4 is 0 Å². The first-order valence-electron chi connectivity index (χ1n) is 29.2. The first-order chi connectivity index (χ1) is 35.6. The fourth-order valence-corrected chi connectivity index (χ4v) is 11.1. The number of rotatable bonds is 8. The average Bonchev–Trinajstić information content (AvgIpc) is 3.88. The minimum Gasteiger partial charge on any atom is -0.389 e. The van der Waals surface area contributed by atoms with Gasteiger partial charge in [0.1, 0.15) is 12.1 Å². The molecule has 8 rings (SSSR count). The molecule has 0 radical (unpaired) electrons. The van der Waals surface area contributed by atoms with Crippen molar-refractivity contribution in [3.63, 3.8) is 0 Å². The summed E-state index contributed by atoms with van der Waals surface area (Å²) in [5.41, 5.74) is 11.1. The zero-order valence-electron chi connectivity index (χ0n) is 51.1. The third-order valence-electron chi connectivity index (χ3n) is 18.1. The second kappa shape index (κ2) is 31.7. The van der Waals surface area contributed by atoms with Gasteiger partial charge in [0, 0.05) is 24.2 Å². The van der Waals surface area contributed by atoms with Crippen molar-refractivity contribution in [2.24, 2.45) is 52.8 Å². The number of ketones is 2. The molecule has 1 aliphatic heterocycles. The molecule has 5 fully saturated rings. The van der Waals surface area contributed by atoms with Gasteiger partial charge in [0.25, 0.3) is 0 Å². The van der Waals surface area contributed by atoms with Crippen LogP contribution in [0.1, 0.15) is 206 Å². The van der Waals surface area contributed by atoms with Crippen LogP contribution in [-0.2, 0) is 19.1 Å². The molecule has 14 unspecified atom stereocenters. The van der Waals surface area contributed by atoms with E-state index in [0.717, 1.165) is 124 Å². The van der Waals surface area contributed by atoms with E-state index in [1.807, 2.05) is 81.4 Å². The lowest BCUT2D eigenvalue weighted by Gasteiger charge is -2.27. The molecule has 7 heteroatoms. The van der Waals surface area contributed by atoms with E-state index in [0.29, 0.717) is 59.7 Å². The average molecular weight is 1060 g/mol. The smallest absolute Gasteiger partial charge is 0.158 e. The Balaban J connectivity index is 0.000000307. The van der Waals surface area contributed by atoms with Crippen molar-refractivity contribution in [2.75, 3.05) is 0 Å². The lowest BCUT2D eigenvalue weighted by molar-refractivity contribution is -0.125. The molecule has 3 N–H and O–H groups in total. The lowest BCUT2D eigenvalue weighted by Crippen LogP contribution is -2.25. The van der Waals surface area contributed by atoms with E-state index in [-0.39, 0.29) is 29.0 Å². The minimum absolute atomic E-state index is 0.0520. The van der Waals surface area contributed by atoms with Crippen LogP contribution in [0.4, 0.5) is 0 Å². The molecule has 7 nitrogen and oxygen atoms in total. The molecule has 0 aromatic rings. The number of epoxide rings is 1. The van der Waals surface area contributed by atoms with Crippen molar-refractivity contribution < 1.29 is 34.4 Å². The Bertz CT molecular complexity index is 2200. The van der Waals surface area contributed by atoms with Crippen molar-refractivity contribution >= 4 is 17.9 Å². The number of carbonyl (C=O) groups excluding carboxylic acids is 3. The first-order valence-corrected chi connectivity index (χ1v) is 29.2. The SMILES string of the molecule is C=C(C)C1C=CC(C)(O)CC1.C=C(C)C1CC=C(C)C(=O)C1.C=C(C)C1CC=C(C)C(O)C1.C=C(C)C1CCC(C)(C=O)C1.C=C(C)C1CCC(C)C(=O)C1.C=C(C)C1CCC2(C)OC2C1.C=C1CCC(C(=C)C)CC1O. The molecule has 0 bridgehead atoms. The maximum absolute atomic E-state index is 11.3. The highest BCUT2D eigenvalue weighted by molar-refractivity contribution is 5.95. The number of hydrogen-bond acceptors (Lipinski definition) is 7. The Morgan fingerprint density at radius 2 is 1.16 bits per heavy atom. The standard InChI is InChI=1S/6C10H16O.C10H14O/c1-7(2)8-4-5-10(3)9(6-8)11-10;1-8(2)9-4-6-10(3,11)7-5-9;1-8(2)9-4-5-10(3,6-9)7-11;4*1-7(2)9-5-4-8(3)10(11)6-9/h8-9H,1,4-6H2,2-3H3;4,6,9,11H,1,5,7H2,2-3H3;7,9H,1,4-6H2,2-3H3;8-9H,1,4-6H2,2-3H3;4,9-11H,1,5-6H2,2-3H3;9-11H,1,3-6H2,2H3;4,9H,1,5-6H2,2-3H3. The van der Waals surface area contributed by atoms with Crippen molar-refractivity contribution in [1.82, 2.24) is 0 Å². The quantitative estimate of drug-likeness (QED) is 0.126. The van der Waals surface area contributed by atoms with E-state index in [1.54, 1.807) is 0 Å². The summed E-state index contributed by atoms with van der Waals surface area (Å²) < 4.78 is 5.60. The molecule has 1 saturated heterocycles. The molecular weight excluding hydrogens is 953 g/mol. The van der Waals surface area contributed by atoms with E-state index in [2.05, 4.69) is 85.6 Å². The zero-order valence-corrected chi connectivity index (χ0v) is 51.1. The van der Waals surface area contributed by atoms with Crippen LogP contribution in [0.15, 0.2) is 133 Å². The van der Waals surface area contributed by atoms with Crippen molar-refractivity contribution in [2.45, 2.75) is 235 Å². The first kappa shape index (κ1) is 69.1. The molecule has 0 aromatic carbocycles. The highest BCUT2D eigenvalue weighted by Gasteiger charge is 2.55. The molecule has 0 amide bonds. The Kier molecular flexibility index (Phi) is 28.4. The van der Waals surface area contributed by atoms with Gasteiger partial charge in [0.15, 0.2) is 5.78 Å². The molecule has 14 atom stereocenters. The number of Topliss-reactive ketones (excluding diaryl/α,β-unsaturated/α-hetero) is 2. The van der Waals surface area contributed by atoms with Gasteiger partial charge in [-0.05, 0) is 237 Å². The van der Waals surface area contributed by atoms with Crippen LogP contribution in [0.5, 0.6) is 0 Å². The summed E-state index contributed by atoms with van der Waals surface area (Å²) in [5, 5.41) is 28.5. The lowest BCUT2D eigenvalue weighted by atomic mass is 9.79. The molecule has 8 aliphatic rings. The van der Waals surface area contributed by atoms with E-state index in [1.165, 1.54) is 52.7 Å². The topological polar surface area (TPSA) is 124 Å². The van der Waals surface area contributed by atoms with Gasteiger partial charge in [-0.2, -0.15) is 0 Å². The molecular formula is C70H110O7. The maximum Gasteiger partial charge on any atom is 0.158 e. The molecule has 0 aromatic heterocycles. The Morgan fingerprint density at radius 1 is 0.623 bits per heavy atom. The van der Waals surface area contributed by atoms with Crippen LogP contribution >= 0.6 is 0 Å².